The number of ether oxygens (including phenoxy) is 1. The quantitative estimate of drug-likeness (QED) is 0.784. The Morgan fingerprint density at radius 1 is 1.33 bits per heavy atom. The number of hydrogen-bond acceptors (Lipinski definition) is 4. The van der Waals surface area contributed by atoms with Crippen LogP contribution in [0.2, 0.25) is 5.15 Å². The second-order valence-corrected chi connectivity index (χ2v) is 5.03. The van der Waals surface area contributed by atoms with Crippen molar-refractivity contribution in [3.05, 3.63) is 11.2 Å². The zero-order valence-electron chi connectivity index (χ0n) is 10.3. The predicted molar refractivity (Wildman–Crippen MR) is 69.0 cm³/mol. The molecule has 1 fully saturated rings. The maximum absolute atomic E-state index is 6.01. The van der Waals surface area contributed by atoms with Crippen molar-refractivity contribution in [3.8, 4) is 5.75 Å². The van der Waals surface area contributed by atoms with Gasteiger partial charge in [-0.25, -0.2) is 9.67 Å². The van der Waals surface area contributed by atoms with Crippen LogP contribution in [-0.2, 0) is 0 Å². The van der Waals surface area contributed by atoms with Crippen LogP contribution in [0.3, 0.4) is 0 Å². The van der Waals surface area contributed by atoms with Gasteiger partial charge in [0, 0.05) is 6.07 Å². The van der Waals surface area contributed by atoms with Gasteiger partial charge < -0.3 is 4.74 Å². The smallest absolute Gasteiger partial charge is 0.184 e. The van der Waals surface area contributed by atoms with Crippen LogP contribution in [-0.4, -0.2) is 27.1 Å². The lowest BCUT2D eigenvalue weighted by Crippen LogP contribution is -2.14. The van der Waals surface area contributed by atoms with Gasteiger partial charge in [-0.15, -0.1) is 5.10 Å². The van der Waals surface area contributed by atoms with Crippen molar-refractivity contribution in [1.29, 1.82) is 0 Å². The summed E-state index contributed by atoms with van der Waals surface area (Å²) in [6.07, 6.45) is 6.05. The fraction of sp³-hybridized carbons (Fsp3) is 0.583. The van der Waals surface area contributed by atoms with E-state index >= 15 is 0 Å². The summed E-state index contributed by atoms with van der Waals surface area (Å²) in [7, 11) is 1.60. The Morgan fingerprint density at radius 2 is 2.11 bits per heavy atom. The van der Waals surface area contributed by atoms with Crippen LogP contribution < -0.4 is 4.74 Å². The molecule has 0 atom stereocenters. The van der Waals surface area contributed by atoms with Crippen LogP contribution in [0, 0.1) is 0 Å². The van der Waals surface area contributed by atoms with E-state index in [2.05, 4.69) is 15.3 Å². The van der Waals surface area contributed by atoms with E-state index in [0.29, 0.717) is 22.5 Å². The molecule has 2 aromatic rings. The lowest BCUT2D eigenvalue weighted by atomic mass is 9.96. The van der Waals surface area contributed by atoms with Gasteiger partial charge in [-0.2, -0.15) is 0 Å². The van der Waals surface area contributed by atoms with Crippen molar-refractivity contribution < 1.29 is 4.74 Å². The molecule has 3 rings (SSSR count). The summed E-state index contributed by atoms with van der Waals surface area (Å²) in [6, 6.07) is 2.06. The molecule has 5 nitrogen and oxygen atoms in total. The minimum Gasteiger partial charge on any atom is -0.494 e. The topological polar surface area (TPSA) is 52.8 Å². The molecule has 1 aliphatic carbocycles. The SMILES string of the molecule is COc1cc(Cl)nc2c1nnn2C1CCCCC1. The summed E-state index contributed by atoms with van der Waals surface area (Å²) in [5.41, 5.74) is 1.42. The van der Waals surface area contributed by atoms with E-state index in [1.165, 1.54) is 19.3 Å². The van der Waals surface area contributed by atoms with Gasteiger partial charge in [-0.05, 0) is 12.8 Å². The number of halogens is 1. The van der Waals surface area contributed by atoms with Gasteiger partial charge >= 0.3 is 0 Å². The van der Waals surface area contributed by atoms with E-state index in [0.717, 1.165) is 18.5 Å². The monoisotopic (exact) mass is 266 g/mol. The molecule has 18 heavy (non-hydrogen) atoms. The fourth-order valence-corrected chi connectivity index (χ4v) is 2.77. The zero-order chi connectivity index (χ0) is 12.5. The molecule has 0 aromatic carbocycles. The van der Waals surface area contributed by atoms with Crippen molar-refractivity contribution >= 4 is 22.8 Å². The van der Waals surface area contributed by atoms with Crippen LogP contribution in [0.15, 0.2) is 6.07 Å². The molecule has 6 heteroatoms. The van der Waals surface area contributed by atoms with Gasteiger partial charge in [0.15, 0.2) is 16.9 Å². The summed E-state index contributed by atoms with van der Waals surface area (Å²) in [6.45, 7) is 0. The Labute approximate surface area is 110 Å². The van der Waals surface area contributed by atoms with Crippen LogP contribution in [0.25, 0.3) is 11.2 Å². The molecule has 0 bridgehead atoms. The average molecular weight is 267 g/mol. The lowest BCUT2D eigenvalue weighted by Gasteiger charge is -2.21. The summed E-state index contributed by atoms with van der Waals surface area (Å²) >= 11 is 6.01. The maximum atomic E-state index is 6.01. The first-order valence-corrected chi connectivity index (χ1v) is 6.63. The molecular weight excluding hydrogens is 252 g/mol. The molecule has 2 heterocycles. The molecule has 0 N–H and O–H groups in total. The molecule has 0 spiro atoms. The highest BCUT2D eigenvalue weighted by Crippen LogP contribution is 2.32. The third-order valence-electron chi connectivity index (χ3n) is 3.51. The number of fused-ring (bicyclic) bond motifs is 1. The minimum absolute atomic E-state index is 0.388. The third-order valence-corrected chi connectivity index (χ3v) is 3.70. The number of nitrogens with zero attached hydrogens (tertiary/aromatic N) is 4. The Morgan fingerprint density at radius 3 is 2.83 bits per heavy atom. The molecule has 0 unspecified atom stereocenters. The number of methoxy groups -OCH3 is 1. The van der Waals surface area contributed by atoms with Crippen molar-refractivity contribution in [2.45, 2.75) is 38.1 Å². The highest BCUT2D eigenvalue weighted by atomic mass is 35.5. The number of hydrogen-bond donors (Lipinski definition) is 0. The van der Waals surface area contributed by atoms with Crippen LogP contribution >= 0.6 is 11.6 Å². The summed E-state index contributed by atoms with van der Waals surface area (Å²) in [4.78, 5) is 4.34. The molecule has 0 aliphatic heterocycles. The first kappa shape index (κ1) is 11.7. The van der Waals surface area contributed by atoms with E-state index in [-0.39, 0.29) is 0 Å². The van der Waals surface area contributed by atoms with Gasteiger partial charge in [0.25, 0.3) is 0 Å². The van der Waals surface area contributed by atoms with Crippen molar-refractivity contribution in [3.63, 3.8) is 0 Å². The number of rotatable bonds is 2. The Hall–Kier alpha value is -1.36. The molecule has 1 saturated carbocycles. The fourth-order valence-electron chi connectivity index (χ4n) is 2.59. The molecule has 0 saturated heterocycles. The molecule has 2 aromatic heterocycles. The second-order valence-electron chi connectivity index (χ2n) is 4.65. The molecule has 0 amide bonds. The number of pyridine rings is 1. The Kier molecular flexibility index (Phi) is 3.07. The average Bonchev–Trinajstić information content (AvgIpc) is 2.82. The first-order chi connectivity index (χ1) is 8.79. The minimum atomic E-state index is 0.388. The van der Waals surface area contributed by atoms with E-state index in [9.17, 15) is 0 Å². The number of aromatic nitrogens is 4. The van der Waals surface area contributed by atoms with Crippen LogP contribution in [0.5, 0.6) is 5.75 Å². The highest BCUT2D eigenvalue weighted by molar-refractivity contribution is 6.30. The Bertz CT molecular complexity index is 562. The van der Waals surface area contributed by atoms with Crippen molar-refractivity contribution in [2.24, 2.45) is 0 Å². The van der Waals surface area contributed by atoms with Gasteiger partial charge in [0.2, 0.25) is 0 Å². The van der Waals surface area contributed by atoms with Gasteiger partial charge in [0.1, 0.15) is 5.15 Å². The summed E-state index contributed by atoms with van der Waals surface area (Å²) in [5, 5.41) is 8.82. The summed E-state index contributed by atoms with van der Waals surface area (Å²) < 4.78 is 7.17. The van der Waals surface area contributed by atoms with Crippen molar-refractivity contribution in [2.75, 3.05) is 7.11 Å². The molecule has 0 radical (unpaired) electrons. The largest absolute Gasteiger partial charge is 0.494 e. The van der Waals surface area contributed by atoms with Gasteiger partial charge in [-0.1, -0.05) is 36.1 Å². The van der Waals surface area contributed by atoms with Gasteiger partial charge in [-0.3, -0.25) is 0 Å². The zero-order valence-corrected chi connectivity index (χ0v) is 11.0. The van der Waals surface area contributed by atoms with E-state index < -0.39 is 0 Å². The third kappa shape index (κ3) is 1.92. The normalized spacial score (nSPS) is 17.2. The van der Waals surface area contributed by atoms with E-state index in [1.807, 2.05) is 4.68 Å². The highest BCUT2D eigenvalue weighted by Gasteiger charge is 2.21. The Balaban J connectivity index is 2.10. The lowest BCUT2D eigenvalue weighted by molar-refractivity contribution is 0.330. The molecular formula is C12H15ClN4O. The predicted octanol–water partition coefficient (Wildman–Crippen LogP) is 2.99. The van der Waals surface area contributed by atoms with E-state index in [4.69, 9.17) is 16.3 Å². The first-order valence-electron chi connectivity index (χ1n) is 6.25. The van der Waals surface area contributed by atoms with Crippen LogP contribution in [0.4, 0.5) is 0 Å². The maximum Gasteiger partial charge on any atom is 0.184 e. The molecule has 96 valence electrons. The van der Waals surface area contributed by atoms with Gasteiger partial charge in [0.05, 0.1) is 13.2 Å². The van der Waals surface area contributed by atoms with Crippen LogP contribution in [0.1, 0.15) is 38.1 Å². The molecule has 1 aliphatic rings. The second kappa shape index (κ2) is 4.72. The van der Waals surface area contributed by atoms with Crippen molar-refractivity contribution in [1.82, 2.24) is 20.0 Å². The summed E-state index contributed by atoms with van der Waals surface area (Å²) in [5.74, 6) is 0.632. The van der Waals surface area contributed by atoms with E-state index in [1.54, 1.807) is 13.2 Å². The standard InChI is InChI=1S/C12H15ClN4O/c1-18-9-7-10(13)14-12-11(9)15-16-17(12)8-5-3-2-4-6-8/h7-8H,2-6H2,1H3.